The number of hydrogen-bond donors (Lipinski definition) is 0. The fraction of sp³-hybridized carbons (Fsp3) is 0.864. The van der Waals surface area contributed by atoms with Crippen LogP contribution in [0.5, 0.6) is 0 Å². The molecule has 0 saturated heterocycles. The van der Waals surface area contributed by atoms with Crippen molar-refractivity contribution in [3.05, 3.63) is 12.2 Å². The third-order valence-electron chi connectivity index (χ3n) is 4.52. The summed E-state index contributed by atoms with van der Waals surface area (Å²) in [4.78, 5) is 12.2. The van der Waals surface area contributed by atoms with E-state index in [0.29, 0.717) is 31.8 Å². The molecule has 166 valence electrons. The Morgan fingerprint density at radius 3 is 1.46 bits per heavy atom. The van der Waals surface area contributed by atoms with Crippen LogP contribution in [0.2, 0.25) is 0 Å². The number of unbranched alkanes of at least 4 members (excludes halogenated alkanes) is 6. The number of carbonyl (C=O) groups excluding carboxylic acids is 1. The van der Waals surface area contributed by atoms with Crippen molar-refractivity contribution in [2.75, 3.05) is 19.8 Å². The minimum absolute atomic E-state index is 0.379. The predicted octanol–water partition coefficient (Wildman–Crippen LogP) is 5.98. The molecule has 0 aromatic rings. The number of hydrogen-bond acceptors (Lipinski definition) is 5. The molecule has 0 radical (unpaired) electrons. The fourth-order valence-electron chi connectivity index (χ4n) is 2.74. The van der Waals surface area contributed by atoms with Crippen molar-refractivity contribution in [3.63, 3.8) is 0 Å². The van der Waals surface area contributed by atoms with Crippen LogP contribution in [0.3, 0.4) is 0 Å². The van der Waals surface area contributed by atoms with Crippen LogP contribution in [-0.4, -0.2) is 40.3 Å². The zero-order valence-electron chi connectivity index (χ0n) is 19.0. The molecule has 0 aromatic heterocycles. The Bertz CT molecular complexity index is 382. The molecule has 6 heteroatoms. The highest BCUT2D eigenvalue weighted by Crippen LogP contribution is 2.24. The molecule has 0 N–H and O–H groups in total. The van der Waals surface area contributed by atoms with Gasteiger partial charge in [-0.25, -0.2) is 4.79 Å². The molecule has 0 fully saturated rings. The highest BCUT2D eigenvalue weighted by atomic mass is 28.4. The molecular formula is C22H44O5Si. The minimum Gasteiger partial charge on any atom is -0.454 e. The molecule has 0 spiro atoms. The van der Waals surface area contributed by atoms with Crippen molar-refractivity contribution in [2.24, 2.45) is 0 Å². The summed E-state index contributed by atoms with van der Waals surface area (Å²) in [6, 6.07) is 0. The molecule has 0 aliphatic rings. The van der Waals surface area contributed by atoms with Crippen LogP contribution in [0.4, 0.5) is 0 Å². The molecule has 0 aliphatic carbocycles. The van der Waals surface area contributed by atoms with Crippen LogP contribution in [0.25, 0.3) is 0 Å². The van der Waals surface area contributed by atoms with Gasteiger partial charge in [-0.05, 0) is 32.6 Å². The second-order valence-corrected chi connectivity index (χ2v) is 10.1. The second-order valence-electron chi connectivity index (χ2n) is 7.35. The number of rotatable bonds is 19. The van der Waals surface area contributed by atoms with Gasteiger partial charge in [0.25, 0.3) is 0 Å². The van der Waals surface area contributed by atoms with Gasteiger partial charge in [-0.3, -0.25) is 0 Å². The molecule has 0 aliphatic heterocycles. The number of ether oxygens (including phenoxy) is 1. The van der Waals surface area contributed by atoms with Gasteiger partial charge in [0.05, 0.1) is 0 Å². The monoisotopic (exact) mass is 416 g/mol. The molecule has 0 aromatic carbocycles. The van der Waals surface area contributed by atoms with Crippen LogP contribution >= 0.6 is 0 Å². The summed E-state index contributed by atoms with van der Waals surface area (Å²) >= 11 is 0. The summed E-state index contributed by atoms with van der Waals surface area (Å²) in [5.74, 6) is -0.407. The van der Waals surface area contributed by atoms with E-state index < -0.39 is 20.5 Å². The normalized spacial score (nSPS) is 12.8. The molecule has 1 atom stereocenters. The van der Waals surface area contributed by atoms with E-state index in [1.807, 2.05) is 6.92 Å². The van der Waals surface area contributed by atoms with Gasteiger partial charge in [-0.15, -0.1) is 0 Å². The lowest BCUT2D eigenvalue weighted by Crippen LogP contribution is -2.58. The fourth-order valence-corrected chi connectivity index (χ4v) is 5.58. The molecule has 0 heterocycles. The first kappa shape index (κ1) is 27.3. The van der Waals surface area contributed by atoms with Crippen molar-refractivity contribution in [1.82, 2.24) is 0 Å². The second kappa shape index (κ2) is 17.2. The summed E-state index contributed by atoms with van der Waals surface area (Å²) < 4.78 is 24.7. The van der Waals surface area contributed by atoms with Gasteiger partial charge in [0.15, 0.2) is 5.73 Å². The van der Waals surface area contributed by atoms with E-state index in [1.165, 1.54) is 0 Å². The van der Waals surface area contributed by atoms with Gasteiger partial charge < -0.3 is 18.0 Å². The first-order valence-electron chi connectivity index (χ1n) is 11.3. The molecule has 0 bridgehead atoms. The van der Waals surface area contributed by atoms with Gasteiger partial charge in [-0.2, -0.15) is 0 Å². The van der Waals surface area contributed by atoms with Crippen LogP contribution in [-0.2, 0) is 22.8 Å². The molecule has 0 amide bonds. The van der Waals surface area contributed by atoms with Crippen molar-refractivity contribution >= 4 is 14.8 Å². The summed E-state index contributed by atoms with van der Waals surface area (Å²) in [7, 11) is -3.17. The van der Waals surface area contributed by atoms with Crippen molar-refractivity contribution in [1.29, 1.82) is 0 Å². The highest BCUT2D eigenvalue weighted by Gasteiger charge is 2.52. The quantitative estimate of drug-likeness (QED) is 0.112. The maximum atomic E-state index is 12.2. The Morgan fingerprint density at radius 2 is 1.18 bits per heavy atom. The Labute approximate surface area is 174 Å². The van der Waals surface area contributed by atoms with Gasteiger partial charge >= 0.3 is 14.8 Å². The summed E-state index contributed by atoms with van der Waals surface area (Å²) in [6.07, 6.45) is 10.1. The maximum Gasteiger partial charge on any atom is 0.544 e. The van der Waals surface area contributed by atoms with E-state index in [9.17, 15) is 4.79 Å². The molecule has 1 unspecified atom stereocenters. The molecule has 0 saturated carbocycles. The van der Waals surface area contributed by atoms with E-state index in [0.717, 1.165) is 57.8 Å². The lowest BCUT2D eigenvalue weighted by molar-refractivity contribution is -0.144. The zero-order valence-corrected chi connectivity index (χ0v) is 20.0. The minimum atomic E-state index is -3.17. The van der Waals surface area contributed by atoms with Crippen LogP contribution in [0.15, 0.2) is 12.2 Å². The van der Waals surface area contributed by atoms with Crippen LogP contribution < -0.4 is 0 Å². The van der Waals surface area contributed by atoms with Gasteiger partial charge in [-0.1, -0.05) is 72.8 Å². The summed E-state index contributed by atoms with van der Waals surface area (Å²) in [5, 5.41) is 0. The Hall–Kier alpha value is -0.693. The average molecular weight is 417 g/mol. The summed E-state index contributed by atoms with van der Waals surface area (Å²) in [5.41, 5.74) is -0.120. The maximum absolute atomic E-state index is 12.2. The lowest BCUT2D eigenvalue weighted by Gasteiger charge is -2.35. The smallest absolute Gasteiger partial charge is 0.454 e. The van der Waals surface area contributed by atoms with Crippen molar-refractivity contribution < 1.29 is 22.8 Å². The SMILES string of the molecule is C=C(C)C(=O)OC(CC)[Si](OCCCCC)(OCCCCC)OCCCCC. The van der Waals surface area contributed by atoms with Gasteiger partial charge in [0.2, 0.25) is 0 Å². The predicted molar refractivity (Wildman–Crippen MR) is 117 cm³/mol. The third kappa shape index (κ3) is 11.3. The van der Waals surface area contributed by atoms with E-state index in [2.05, 4.69) is 27.4 Å². The van der Waals surface area contributed by atoms with Crippen molar-refractivity contribution in [2.45, 2.75) is 105 Å². The van der Waals surface area contributed by atoms with Gasteiger partial charge in [0.1, 0.15) is 0 Å². The summed E-state index contributed by atoms with van der Waals surface area (Å²) in [6.45, 7) is 15.6. The first-order chi connectivity index (χ1) is 13.5. The standard InChI is InChI=1S/C22H44O5Si/c1-7-11-14-17-24-28(25-18-15-12-8-2,26-19-16-13-9-3)21(10-4)27-22(23)20(5)6/h21H,5,7-19H2,1-4,6H3. The van der Waals surface area contributed by atoms with E-state index >= 15 is 0 Å². The van der Waals surface area contributed by atoms with Crippen LogP contribution in [0, 0.1) is 0 Å². The van der Waals surface area contributed by atoms with E-state index in [1.54, 1.807) is 6.92 Å². The third-order valence-corrected chi connectivity index (χ3v) is 7.65. The number of esters is 1. The van der Waals surface area contributed by atoms with Gasteiger partial charge in [0, 0.05) is 25.4 Å². The topological polar surface area (TPSA) is 54.0 Å². The Balaban J connectivity index is 5.38. The first-order valence-corrected chi connectivity index (χ1v) is 13.1. The van der Waals surface area contributed by atoms with Crippen LogP contribution in [0.1, 0.15) is 98.8 Å². The molecule has 0 rings (SSSR count). The zero-order chi connectivity index (χ0) is 21.3. The largest absolute Gasteiger partial charge is 0.544 e. The number of carbonyl (C=O) groups is 1. The lowest BCUT2D eigenvalue weighted by atomic mass is 10.3. The Kier molecular flexibility index (Phi) is 16.8. The highest BCUT2D eigenvalue weighted by molar-refractivity contribution is 6.62. The molecule has 5 nitrogen and oxygen atoms in total. The Morgan fingerprint density at radius 1 is 0.786 bits per heavy atom. The average Bonchev–Trinajstić information content (AvgIpc) is 2.69. The van der Waals surface area contributed by atoms with E-state index in [-0.39, 0.29) is 0 Å². The van der Waals surface area contributed by atoms with Crippen molar-refractivity contribution in [3.8, 4) is 0 Å². The molecular weight excluding hydrogens is 372 g/mol. The van der Waals surface area contributed by atoms with E-state index in [4.69, 9.17) is 18.0 Å². The molecule has 28 heavy (non-hydrogen) atoms.